The molecule has 1 atom stereocenters. The lowest BCUT2D eigenvalue weighted by molar-refractivity contribution is -0.274. The van der Waals surface area contributed by atoms with E-state index in [-0.39, 0.29) is 11.6 Å². The number of pyridine rings is 1. The van der Waals surface area contributed by atoms with Crippen LogP contribution in [0.15, 0.2) is 79.0 Å². The highest BCUT2D eigenvalue weighted by atomic mass is 19.4. The minimum atomic E-state index is -4.75. The molecule has 1 aliphatic rings. The molecule has 0 saturated carbocycles. The van der Waals surface area contributed by atoms with E-state index in [2.05, 4.69) is 15.2 Å². The summed E-state index contributed by atoms with van der Waals surface area (Å²) in [5, 5.41) is 0. The fourth-order valence-electron chi connectivity index (χ4n) is 3.02. The maximum Gasteiger partial charge on any atom is 0.573 e. The molecule has 0 saturated heterocycles. The quantitative estimate of drug-likeness (QED) is 0.592. The molecular weight excluding hydrogens is 427 g/mol. The van der Waals surface area contributed by atoms with Crippen molar-refractivity contribution in [3.05, 3.63) is 90.1 Å². The minimum Gasteiger partial charge on any atom is -0.438 e. The summed E-state index contributed by atoms with van der Waals surface area (Å²) in [4.78, 5) is 21.0. The summed E-state index contributed by atoms with van der Waals surface area (Å²) in [5.41, 5.74) is 10.4. The molecule has 10 heteroatoms. The van der Waals surface area contributed by atoms with E-state index >= 15 is 0 Å². The number of carbonyl (C=O) groups is 1. The Morgan fingerprint density at radius 1 is 1.03 bits per heavy atom. The second-order valence-corrected chi connectivity index (χ2v) is 6.74. The van der Waals surface area contributed by atoms with Crippen LogP contribution in [-0.4, -0.2) is 17.3 Å². The highest BCUT2D eigenvalue weighted by Crippen LogP contribution is 2.30. The number of amides is 1. The first-order valence-corrected chi connectivity index (χ1v) is 9.29. The number of hydroxylamine groups is 1. The van der Waals surface area contributed by atoms with E-state index < -0.39 is 18.4 Å². The van der Waals surface area contributed by atoms with Gasteiger partial charge in [-0.05, 0) is 41.5 Å². The summed E-state index contributed by atoms with van der Waals surface area (Å²) in [6.45, 7) is 0. The molecule has 1 amide bonds. The number of nitrogens with two attached hydrogens (primary N) is 1. The highest BCUT2D eigenvalue weighted by Gasteiger charge is 2.31. The average Bonchev–Trinajstić information content (AvgIpc) is 3.22. The number of alkyl halides is 3. The van der Waals surface area contributed by atoms with Gasteiger partial charge < -0.3 is 15.2 Å². The third-order valence-electron chi connectivity index (χ3n) is 4.45. The van der Waals surface area contributed by atoms with Crippen LogP contribution in [0.4, 0.5) is 13.2 Å². The molecule has 0 bridgehead atoms. The Hall–Kier alpha value is -4.05. The van der Waals surface area contributed by atoms with Crippen LogP contribution in [0.2, 0.25) is 0 Å². The molecule has 0 spiro atoms. The molecule has 7 nitrogen and oxygen atoms in total. The molecule has 1 aliphatic heterocycles. The monoisotopic (exact) mass is 443 g/mol. The summed E-state index contributed by atoms with van der Waals surface area (Å²) in [6, 6.07) is 13.8. The number of nitrogens with zero attached hydrogens (tertiary/aromatic N) is 1. The molecule has 0 fully saturated rings. The Bertz CT molecular complexity index is 1160. The largest absolute Gasteiger partial charge is 0.573 e. The second-order valence-electron chi connectivity index (χ2n) is 6.74. The van der Waals surface area contributed by atoms with Crippen LogP contribution in [0.25, 0.3) is 11.1 Å². The van der Waals surface area contributed by atoms with Crippen molar-refractivity contribution in [2.24, 2.45) is 5.73 Å². The summed E-state index contributed by atoms with van der Waals surface area (Å²) >= 11 is 0. The molecular formula is C22H16F3N3O4. The fourth-order valence-corrected chi connectivity index (χ4v) is 3.02. The zero-order valence-corrected chi connectivity index (χ0v) is 16.3. The molecule has 1 aromatic heterocycles. The Morgan fingerprint density at radius 3 is 2.53 bits per heavy atom. The molecule has 4 rings (SSSR count). The molecule has 32 heavy (non-hydrogen) atoms. The van der Waals surface area contributed by atoms with Gasteiger partial charge in [0.25, 0.3) is 0 Å². The summed E-state index contributed by atoms with van der Waals surface area (Å²) in [6.07, 6.45) is -0.584. The number of benzene rings is 2. The molecule has 2 aromatic carbocycles. The lowest BCUT2D eigenvalue weighted by atomic mass is 10.0. The minimum absolute atomic E-state index is 0.287. The zero-order chi connectivity index (χ0) is 22.7. The number of rotatable bonds is 6. The first-order chi connectivity index (χ1) is 15.3. The Labute approximate surface area is 180 Å². The van der Waals surface area contributed by atoms with E-state index in [0.29, 0.717) is 22.4 Å². The van der Waals surface area contributed by atoms with Crippen LogP contribution in [0.3, 0.4) is 0 Å². The summed E-state index contributed by atoms with van der Waals surface area (Å²) in [7, 11) is 0. The van der Waals surface area contributed by atoms with Gasteiger partial charge in [-0.15, -0.1) is 13.2 Å². The third kappa shape index (κ3) is 5.16. The van der Waals surface area contributed by atoms with Crippen molar-refractivity contribution in [3.63, 3.8) is 0 Å². The smallest absolute Gasteiger partial charge is 0.438 e. The molecule has 2 heterocycles. The predicted octanol–water partition coefficient (Wildman–Crippen LogP) is 4.24. The Kier molecular flexibility index (Phi) is 5.69. The van der Waals surface area contributed by atoms with Gasteiger partial charge in [-0.1, -0.05) is 24.3 Å². The number of nitrogens with one attached hydrogen (secondary N) is 1. The Morgan fingerprint density at radius 2 is 1.81 bits per heavy atom. The lowest BCUT2D eigenvalue weighted by Crippen LogP contribution is -2.17. The van der Waals surface area contributed by atoms with Crippen LogP contribution < -0.4 is 20.7 Å². The van der Waals surface area contributed by atoms with Gasteiger partial charge in [-0.3, -0.25) is 14.6 Å². The van der Waals surface area contributed by atoms with Gasteiger partial charge in [0, 0.05) is 23.4 Å². The Balaban J connectivity index is 1.46. The first-order valence-electron chi connectivity index (χ1n) is 9.29. The second kappa shape index (κ2) is 8.60. The number of hydrogen-bond acceptors (Lipinski definition) is 6. The van der Waals surface area contributed by atoms with Crippen LogP contribution in [0.5, 0.6) is 11.5 Å². The lowest BCUT2D eigenvalue weighted by Gasteiger charge is -2.11. The first kappa shape index (κ1) is 21.2. The van der Waals surface area contributed by atoms with Gasteiger partial charge in [0.15, 0.2) is 0 Å². The molecule has 3 aromatic rings. The van der Waals surface area contributed by atoms with Crippen molar-refractivity contribution in [2.75, 3.05) is 0 Å². The number of primary amides is 1. The van der Waals surface area contributed by atoms with Crippen LogP contribution >= 0.6 is 0 Å². The topological polar surface area (TPSA) is 95.7 Å². The van der Waals surface area contributed by atoms with E-state index in [0.717, 1.165) is 5.56 Å². The standard InChI is InChI=1S/C22H16F3N3O4/c23-22(24,25)31-17-6-4-13(5-7-17)19-10-20(28-32-19)30-18-9-16(11-27-12-18)14-2-1-3-15(8-14)21(26)29/h1-12,19,28H,(H2,26,29). The van der Waals surface area contributed by atoms with E-state index in [1.165, 1.54) is 30.5 Å². The number of halogens is 3. The van der Waals surface area contributed by atoms with Gasteiger partial charge in [0.1, 0.15) is 17.6 Å². The van der Waals surface area contributed by atoms with E-state index in [1.54, 1.807) is 36.5 Å². The molecule has 1 unspecified atom stereocenters. The number of aromatic nitrogens is 1. The highest BCUT2D eigenvalue weighted by molar-refractivity contribution is 5.94. The fraction of sp³-hybridized carbons (Fsp3) is 0.0909. The SMILES string of the molecule is NC(=O)c1cccc(-c2cncc(OC3=CC(c4ccc(OC(F)(F)F)cc4)ON3)c2)c1. The number of ether oxygens (including phenoxy) is 2. The van der Waals surface area contributed by atoms with Crippen LogP contribution in [0, 0.1) is 0 Å². The van der Waals surface area contributed by atoms with Gasteiger partial charge in [-0.2, -0.15) is 0 Å². The van der Waals surface area contributed by atoms with Crippen LogP contribution in [0.1, 0.15) is 22.0 Å². The normalized spacial score (nSPS) is 15.6. The molecule has 0 aliphatic carbocycles. The zero-order valence-electron chi connectivity index (χ0n) is 16.3. The van der Waals surface area contributed by atoms with E-state index in [1.807, 2.05) is 6.07 Å². The molecule has 0 radical (unpaired) electrons. The van der Waals surface area contributed by atoms with Gasteiger partial charge >= 0.3 is 6.36 Å². The molecule has 164 valence electrons. The maximum atomic E-state index is 12.3. The average molecular weight is 443 g/mol. The predicted molar refractivity (Wildman–Crippen MR) is 107 cm³/mol. The third-order valence-corrected chi connectivity index (χ3v) is 4.45. The number of carbonyl (C=O) groups excluding carboxylic acids is 1. The van der Waals surface area contributed by atoms with Crippen molar-refractivity contribution >= 4 is 5.91 Å². The van der Waals surface area contributed by atoms with Crippen LogP contribution in [-0.2, 0) is 4.84 Å². The van der Waals surface area contributed by atoms with Gasteiger partial charge in [0.2, 0.25) is 11.8 Å². The van der Waals surface area contributed by atoms with Crippen molar-refractivity contribution in [3.8, 4) is 22.6 Å². The van der Waals surface area contributed by atoms with Crippen molar-refractivity contribution in [1.29, 1.82) is 0 Å². The van der Waals surface area contributed by atoms with E-state index in [9.17, 15) is 18.0 Å². The maximum absolute atomic E-state index is 12.3. The van der Waals surface area contributed by atoms with Crippen molar-refractivity contribution in [2.45, 2.75) is 12.5 Å². The summed E-state index contributed by atoms with van der Waals surface area (Å²) in [5.74, 6) is -0.163. The molecule has 3 N–H and O–H groups in total. The van der Waals surface area contributed by atoms with E-state index in [4.69, 9.17) is 15.3 Å². The van der Waals surface area contributed by atoms with Crippen molar-refractivity contribution in [1.82, 2.24) is 10.5 Å². The van der Waals surface area contributed by atoms with Gasteiger partial charge in [0.05, 0.1) is 6.20 Å². The van der Waals surface area contributed by atoms with Crippen molar-refractivity contribution < 1.29 is 32.3 Å². The number of hydrogen-bond donors (Lipinski definition) is 2. The van der Waals surface area contributed by atoms with Gasteiger partial charge in [-0.25, -0.2) is 5.48 Å². The summed E-state index contributed by atoms with van der Waals surface area (Å²) < 4.78 is 46.5.